The van der Waals surface area contributed by atoms with Gasteiger partial charge in [-0.2, -0.15) is 9.97 Å². The molecular formula is C38H53ClN7O7P. The van der Waals surface area contributed by atoms with Crippen molar-refractivity contribution >= 4 is 53.7 Å². The first-order valence-electron chi connectivity index (χ1n) is 17.7. The van der Waals surface area contributed by atoms with Crippen molar-refractivity contribution in [3.05, 3.63) is 65.4 Å². The van der Waals surface area contributed by atoms with Crippen molar-refractivity contribution in [3.8, 4) is 11.8 Å². The molecule has 4 rings (SSSR count). The summed E-state index contributed by atoms with van der Waals surface area (Å²) in [7, 11) is -2.24. The van der Waals surface area contributed by atoms with Gasteiger partial charge in [-0.15, -0.1) is 0 Å². The van der Waals surface area contributed by atoms with Crippen LogP contribution in [-0.2, 0) is 18.1 Å². The van der Waals surface area contributed by atoms with Crippen molar-refractivity contribution in [3.63, 3.8) is 0 Å². The summed E-state index contributed by atoms with van der Waals surface area (Å²) in [5.41, 5.74) is 0.117. The van der Waals surface area contributed by atoms with Crippen LogP contribution in [0.4, 0.5) is 17.5 Å². The summed E-state index contributed by atoms with van der Waals surface area (Å²) >= 11 is 6.02. The average Bonchev–Trinajstić information content (AvgIpc) is 3.04. The maximum absolute atomic E-state index is 13.6. The molecule has 0 fully saturated rings. The molecule has 0 aliphatic carbocycles. The highest BCUT2D eigenvalue weighted by Gasteiger charge is 2.37. The van der Waals surface area contributed by atoms with Crippen LogP contribution in [0.3, 0.4) is 0 Å². The van der Waals surface area contributed by atoms with Gasteiger partial charge in [0, 0.05) is 35.6 Å². The summed E-state index contributed by atoms with van der Waals surface area (Å²) < 4.78 is 42.5. The number of amides is 1. The van der Waals surface area contributed by atoms with Crippen LogP contribution >= 0.6 is 19.4 Å². The van der Waals surface area contributed by atoms with E-state index in [0.717, 1.165) is 6.54 Å². The number of fused-ring (bicyclic) bond motifs is 1. The summed E-state index contributed by atoms with van der Waals surface area (Å²) in [6.07, 6.45) is 3.73. The molecule has 294 valence electrons. The maximum Gasteiger partial charge on any atom is 0.475 e. The van der Waals surface area contributed by atoms with Crippen molar-refractivity contribution in [1.29, 1.82) is 0 Å². The van der Waals surface area contributed by atoms with E-state index in [1.165, 1.54) is 12.4 Å². The van der Waals surface area contributed by atoms with Crippen molar-refractivity contribution in [2.24, 2.45) is 5.41 Å². The highest BCUT2D eigenvalue weighted by molar-refractivity contribution is 7.48. The first-order valence-corrected chi connectivity index (χ1v) is 19.6. The van der Waals surface area contributed by atoms with Crippen LogP contribution < -0.4 is 20.1 Å². The normalized spacial score (nSPS) is 12.6. The molecule has 0 aliphatic rings. The van der Waals surface area contributed by atoms with Crippen LogP contribution in [0.5, 0.6) is 11.8 Å². The first kappa shape index (κ1) is 42.8. The molecule has 0 unspecified atom stereocenters. The predicted octanol–water partition coefficient (Wildman–Crippen LogP) is 8.95. The van der Waals surface area contributed by atoms with E-state index < -0.39 is 19.0 Å². The van der Waals surface area contributed by atoms with E-state index in [-0.39, 0.29) is 29.9 Å². The Balaban J connectivity index is 1.42. The van der Waals surface area contributed by atoms with Crippen molar-refractivity contribution < 1.29 is 32.4 Å². The molecule has 0 radical (unpaired) electrons. The fraction of sp³-hybridized carbons (Fsp3) is 0.500. The second kappa shape index (κ2) is 18.1. The van der Waals surface area contributed by atoms with Gasteiger partial charge in [0.1, 0.15) is 11.6 Å². The molecule has 0 atom stereocenters. The van der Waals surface area contributed by atoms with Gasteiger partial charge < -0.3 is 19.7 Å². The van der Waals surface area contributed by atoms with E-state index in [4.69, 9.17) is 34.6 Å². The number of carbonyl (C=O) groups excluding carboxylic acids is 1. The van der Waals surface area contributed by atoms with Crippen LogP contribution in [0, 0.1) is 5.41 Å². The van der Waals surface area contributed by atoms with Crippen LogP contribution in [-0.4, -0.2) is 81.9 Å². The van der Waals surface area contributed by atoms with Gasteiger partial charge in [0.15, 0.2) is 0 Å². The number of ether oxygens (including phenoxy) is 2. The minimum atomic E-state index is -3.83. The Bertz CT molecular complexity index is 1890. The minimum absolute atomic E-state index is 0.00115. The number of methoxy groups -OCH3 is 1. The van der Waals surface area contributed by atoms with Gasteiger partial charge in [-0.25, -0.2) is 14.5 Å². The van der Waals surface area contributed by atoms with E-state index in [1.54, 1.807) is 31.4 Å². The van der Waals surface area contributed by atoms with Crippen LogP contribution in [0.25, 0.3) is 10.9 Å². The highest BCUT2D eigenvalue weighted by Crippen LogP contribution is 2.55. The lowest BCUT2D eigenvalue weighted by Crippen LogP contribution is -2.36. The van der Waals surface area contributed by atoms with Crippen molar-refractivity contribution in [2.45, 2.75) is 79.9 Å². The zero-order valence-corrected chi connectivity index (χ0v) is 34.5. The lowest BCUT2D eigenvalue weighted by molar-refractivity contribution is 0.000179. The second-order valence-corrected chi connectivity index (χ2v) is 17.8. The lowest BCUT2D eigenvalue weighted by atomic mass is 9.96. The van der Waals surface area contributed by atoms with E-state index in [1.807, 2.05) is 59.7 Å². The van der Waals surface area contributed by atoms with Crippen LogP contribution in [0.1, 0.15) is 79.1 Å². The largest absolute Gasteiger partial charge is 0.497 e. The Labute approximate surface area is 323 Å². The molecule has 2 aromatic heterocycles. The molecule has 0 spiro atoms. The summed E-state index contributed by atoms with van der Waals surface area (Å²) in [5, 5.41) is 7.06. The third-order valence-electron chi connectivity index (χ3n) is 7.09. The van der Waals surface area contributed by atoms with Crippen molar-refractivity contribution in [1.82, 2.24) is 24.8 Å². The standard InChI is InChI=1S/C38H53ClN7O7P/c1-36(2,3)25-46(18-20-51-54(48,52-37(4,5)6)53-38(7,8)9)17-12-19-50-35-43-31-16-15-29(49-10)22-30(31)32(44-35)42-28-23-40-34(41-24-28)45-33(47)26-13-11-14-27(39)21-26/h11,13-16,21-24H,12,17-20,25H2,1-10H3,(H,42,43,44)(H,40,41,45,47). The molecule has 1 amide bonds. The summed E-state index contributed by atoms with van der Waals surface area (Å²) in [6.45, 7) is 19.8. The molecule has 0 aliphatic heterocycles. The molecule has 14 nitrogen and oxygen atoms in total. The number of phosphoric acid groups is 1. The topological polar surface area (TPSA) is 159 Å². The molecule has 0 bridgehead atoms. The Morgan fingerprint density at radius 1 is 0.889 bits per heavy atom. The van der Waals surface area contributed by atoms with Gasteiger partial charge in [-0.1, -0.05) is 38.4 Å². The SMILES string of the molecule is COc1ccc2nc(OCCCN(CCOP(=O)(OC(C)(C)C)OC(C)(C)C)CC(C)(C)C)nc(Nc3cnc(NC(=O)c4cccc(Cl)c4)nc3)c2c1. The molecule has 2 heterocycles. The Kier molecular flexibility index (Phi) is 14.4. The van der Waals surface area contributed by atoms with Crippen LogP contribution in [0.15, 0.2) is 54.9 Å². The number of hydrogen-bond donors (Lipinski definition) is 2. The Morgan fingerprint density at radius 3 is 2.19 bits per heavy atom. The Morgan fingerprint density at radius 2 is 1.57 bits per heavy atom. The fourth-order valence-corrected chi connectivity index (χ4v) is 7.17. The predicted molar refractivity (Wildman–Crippen MR) is 212 cm³/mol. The quantitative estimate of drug-likeness (QED) is 0.0772. The van der Waals surface area contributed by atoms with Gasteiger partial charge >= 0.3 is 13.8 Å². The van der Waals surface area contributed by atoms with Gasteiger partial charge in [-0.05, 0) is 89.8 Å². The summed E-state index contributed by atoms with van der Waals surface area (Å²) in [4.78, 5) is 32.7. The van der Waals surface area contributed by atoms with Gasteiger partial charge in [0.05, 0.1) is 55.1 Å². The average molecular weight is 786 g/mol. The Hall–Kier alpha value is -3.91. The number of hydrogen-bond acceptors (Lipinski definition) is 13. The number of phosphoric ester groups is 1. The number of nitrogens with one attached hydrogen (secondary N) is 2. The van der Waals surface area contributed by atoms with E-state index in [2.05, 4.69) is 56.2 Å². The fourth-order valence-electron chi connectivity index (χ4n) is 5.19. The number of rotatable bonds is 17. The number of carbonyl (C=O) groups is 1. The third kappa shape index (κ3) is 14.4. The molecule has 0 saturated carbocycles. The summed E-state index contributed by atoms with van der Waals surface area (Å²) in [6, 6.07) is 12.3. The number of anilines is 3. The molecule has 2 aromatic carbocycles. The molecule has 0 saturated heterocycles. The zero-order chi connectivity index (χ0) is 39.7. The first-order chi connectivity index (χ1) is 25.2. The van der Waals surface area contributed by atoms with Crippen LogP contribution in [0.2, 0.25) is 5.02 Å². The molecule has 4 aromatic rings. The van der Waals surface area contributed by atoms with Gasteiger partial charge in [0.25, 0.3) is 5.91 Å². The number of halogens is 1. The van der Waals surface area contributed by atoms with Gasteiger partial charge in [0.2, 0.25) is 5.95 Å². The number of aromatic nitrogens is 4. The van der Waals surface area contributed by atoms with E-state index >= 15 is 0 Å². The molecular weight excluding hydrogens is 733 g/mol. The minimum Gasteiger partial charge on any atom is -0.497 e. The zero-order valence-electron chi connectivity index (χ0n) is 32.9. The smallest absolute Gasteiger partial charge is 0.475 e. The summed E-state index contributed by atoms with van der Waals surface area (Å²) in [5.74, 6) is 0.832. The van der Waals surface area contributed by atoms with E-state index in [0.29, 0.717) is 64.9 Å². The van der Waals surface area contributed by atoms with E-state index in [9.17, 15) is 9.36 Å². The van der Waals surface area contributed by atoms with Gasteiger partial charge in [-0.3, -0.25) is 23.7 Å². The maximum atomic E-state index is 13.6. The number of benzene rings is 2. The lowest BCUT2D eigenvalue weighted by Gasteiger charge is -2.32. The molecule has 54 heavy (non-hydrogen) atoms. The molecule has 2 N–H and O–H groups in total. The highest BCUT2D eigenvalue weighted by atomic mass is 35.5. The third-order valence-corrected chi connectivity index (χ3v) is 9.36. The molecule has 16 heteroatoms. The second-order valence-electron chi connectivity index (χ2n) is 15.8. The van der Waals surface area contributed by atoms with Crippen molar-refractivity contribution in [2.75, 3.05) is 50.6 Å². The monoisotopic (exact) mass is 785 g/mol. The number of nitrogens with zero attached hydrogens (tertiary/aromatic N) is 5.